The van der Waals surface area contributed by atoms with Crippen molar-refractivity contribution in [1.82, 2.24) is 14.9 Å². The Balaban J connectivity index is 1.44. The summed E-state index contributed by atoms with van der Waals surface area (Å²) in [6, 6.07) is 10.8. The number of halogens is 1. The smallest absolute Gasteiger partial charge is 0.270 e. The molecule has 0 spiro atoms. The van der Waals surface area contributed by atoms with Crippen molar-refractivity contribution in [3.8, 4) is 0 Å². The first-order valence-electron chi connectivity index (χ1n) is 9.26. The second-order valence-electron chi connectivity index (χ2n) is 6.99. The van der Waals surface area contributed by atoms with Gasteiger partial charge in [-0.3, -0.25) is 9.59 Å². The molecule has 1 aliphatic heterocycles. The first-order chi connectivity index (χ1) is 13.6. The fraction of sp³-hybridized carbons (Fsp3) is 0.286. The third kappa shape index (κ3) is 4.03. The van der Waals surface area contributed by atoms with Crippen molar-refractivity contribution in [3.05, 3.63) is 87.7 Å². The lowest BCUT2D eigenvalue weighted by Gasteiger charge is -2.31. The van der Waals surface area contributed by atoms with Crippen molar-refractivity contribution in [2.45, 2.75) is 25.2 Å². The second kappa shape index (κ2) is 7.80. The molecule has 0 unspecified atom stereocenters. The minimum absolute atomic E-state index is 0.00935. The first kappa shape index (κ1) is 18.2. The topological polar surface area (TPSA) is 79.2 Å². The molecule has 2 aromatic heterocycles. The van der Waals surface area contributed by atoms with E-state index >= 15 is 0 Å². The van der Waals surface area contributed by atoms with Crippen molar-refractivity contribution >= 4 is 5.91 Å². The molecule has 1 aromatic carbocycles. The number of carbonyl (C=O) groups excluding carboxylic acids is 1. The number of amides is 1. The molecule has 3 heterocycles. The van der Waals surface area contributed by atoms with Crippen molar-refractivity contribution in [2.24, 2.45) is 0 Å². The van der Waals surface area contributed by atoms with E-state index in [1.54, 1.807) is 35.4 Å². The molecule has 1 saturated heterocycles. The van der Waals surface area contributed by atoms with Gasteiger partial charge in [-0.1, -0.05) is 18.2 Å². The van der Waals surface area contributed by atoms with Crippen LogP contribution in [0.15, 0.2) is 57.9 Å². The molecular formula is C21H20FN3O3. The highest BCUT2D eigenvalue weighted by Crippen LogP contribution is 2.28. The molecule has 1 aliphatic rings. The molecule has 0 bridgehead atoms. The molecule has 7 heteroatoms. The van der Waals surface area contributed by atoms with Gasteiger partial charge >= 0.3 is 0 Å². The van der Waals surface area contributed by atoms with Crippen molar-refractivity contribution in [1.29, 1.82) is 0 Å². The average molecular weight is 381 g/mol. The lowest BCUT2D eigenvalue weighted by Crippen LogP contribution is -2.40. The van der Waals surface area contributed by atoms with Crippen LogP contribution in [0.2, 0.25) is 0 Å². The summed E-state index contributed by atoms with van der Waals surface area (Å²) in [5, 5.41) is 0. The zero-order valence-electron chi connectivity index (χ0n) is 15.2. The maximum absolute atomic E-state index is 13.0. The van der Waals surface area contributed by atoms with Crippen molar-refractivity contribution in [2.75, 3.05) is 13.1 Å². The van der Waals surface area contributed by atoms with E-state index in [0.717, 1.165) is 18.4 Å². The summed E-state index contributed by atoms with van der Waals surface area (Å²) >= 11 is 0. The van der Waals surface area contributed by atoms with Gasteiger partial charge < -0.3 is 14.3 Å². The quantitative estimate of drug-likeness (QED) is 0.753. The number of hydrogen-bond donors (Lipinski definition) is 1. The number of aromatic amines is 1. The largest absolute Gasteiger partial charge is 0.445 e. The number of benzene rings is 1. The van der Waals surface area contributed by atoms with Crippen LogP contribution in [0.25, 0.3) is 0 Å². The summed E-state index contributed by atoms with van der Waals surface area (Å²) in [4.78, 5) is 32.8. The summed E-state index contributed by atoms with van der Waals surface area (Å²) in [6.07, 6.45) is 3.94. The molecule has 3 aromatic rings. The molecule has 1 atom stereocenters. The number of likely N-dealkylation sites (tertiary alicyclic amines) is 1. The normalized spacial score (nSPS) is 16.9. The molecule has 144 valence electrons. The summed E-state index contributed by atoms with van der Waals surface area (Å²) in [5.41, 5.74) is 0.938. The van der Waals surface area contributed by atoms with E-state index in [0.29, 0.717) is 31.2 Å². The minimum atomic E-state index is -0.294. The number of H-pyrrole nitrogens is 1. The second-order valence-corrected chi connectivity index (χ2v) is 6.99. The Morgan fingerprint density at radius 1 is 1.25 bits per heavy atom. The predicted octanol–water partition coefficient (Wildman–Crippen LogP) is 3.11. The summed E-state index contributed by atoms with van der Waals surface area (Å²) in [6.45, 7) is 1.13. The van der Waals surface area contributed by atoms with Crippen molar-refractivity contribution < 1.29 is 13.6 Å². The number of oxazole rings is 1. The number of piperidine rings is 1. The van der Waals surface area contributed by atoms with Crippen molar-refractivity contribution in [3.63, 3.8) is 0 Å². The lowest BCUT2D eigenvalue weighted by molar-refractivity contribution is 0.0691. The molecule has 1 N–H and O–H groups in total. The highest BCUT2D eigenvalue weighted by Gasteiger charge is 2.28. The van der Waals surface area contributed by atoms with E-state index in [1.165, 1.54) is 18.2 Å². The van der Waals surface area contributed by atoms with Crippen LogP contribution in [0.1, 0.15) is 46.5 Å². The van der Waals surface area contributed by atoms with E-state index in [2.05, 4.69) is 9.97 Å². The van der Waals surface area contributed by atoms with Gasteiger partial charge in [0, 0.05) is 25.6 Å². The summed E-state index contributed by atoms with van der Waals surface area (Å²) < 4.78 is 18.9. The van der Waals surface area contributed by atoms with Crippen LogP contribution in [0.4, 0.5) is 4.39 Å². The zero-order valence-corrected chi connectivity index (χ0v) is 15.2. The van der Waals surface area contributed by atoms with Gasteiger partial charge in [0.25, 0.3) is 5.91 Å². The molecule has 1 fully saturated rings. The lowest BCUT2D eigenvalue weighted by atomic mass is 9.97. The number of carbonyl (C=O) groups is 1. The molecule has 0 saturated carbocycles. The van der Waals surface area contributed by atoms with Gasteiger partial charge in [0.2, 0.25) is 5.56 Å². The number of nitrogens with zero attached hydrogens (tertiary/aromatic N) is 2. The Morgan fingerprint density at radius 3 is 2.86 bits per heavy atom. The van der Waals surface area contributed by atoms with Gasteiger partial charge in [0.05, 0.1) is 12.1 Å². The maximum Gasteiger partial charge on any atom is 0.270 e. The standard InChI is InChI=1S/C21H20FN3O3/c22-16-8-6-14(7-9-16)11-17-12-23-20(28-17)15-3-2-10-25(13-15)21(27)18-4-1-5-19(26)24-18/h1,4-9,12,15H,2-3,10-11,13H2,(H,24,26)/t15-/m1/s1. The summed E-state index contributed by atoms with van der Waals surface area (Å²) in [7, 11) is 0. The van der Waals surface area contributed by atoms with Gasteiger partial charge in [-0.15, -0.1) is 0 Å². The molecule has 0 aliphatic carbocycles. The van der Waals surface area contributed by atoms with Gasteiger partial charge in [0.15, 0.2) is 5.89 Å². The highest BCUT2D eigenvalue weighted by molar-refractivity contribution is 5.92. The van der Waals surface area contributed by atoms with Crippen LogP contribution >= 0.6 is 0 Å². The fourth-order valence-corrected chi connectivity index (χ4v) is 3.50. The first-order valence-corrected chi connectivity index (χ1v) is 9.26. The SMILES string of the molecule is O=C(c1cccc(=O)[nH]1)N1CCC[C@@H](c2ncc(Cc3ccc(F)cc3)o2)C1. The number of hydrogen-bond acceptors (Lipinski definition) is 4. The Morgan fingerprint density at radius 2 is 2.07 bits per heavy atom. The third-order valence-electron chi connectivity index (χ3n) is 4.92. The van der Waals surface area contributed by atoms with Crippen LogP contribution < -0.4 is 5.56 Å². The van der Waals surface area contributed by atoms with E-state index in [-0.39, 0.29) is 28.9 Å². The Hall–Kier alpha value is -3.22. The molecular weight excluding hydrogens is 361 g/mol. The monoisotopic (exact) mass is 381 g/mol. The number of rotatable bonds is 4. The highest BCUT2D eigenvalue weighted by atomic mass is 19.1. The molecule has 1 amide bonds. The van der Waals surface area contributed by atoms with Crippen LogP contribution in [-0.4, -0.2) is 33.9 Å². The van der Waals surface area contributed by atoms with Gasteiger partial charge in [-0.2, -0.15) is 0 Å². The Kier molecular flexibility index (Phi) is 5.06. The number of aromatic nitrogens is 2. The van der Waals surface area contributed by atoms with Crippen LogP contribution in [0.5, 0.6) is 0 Å². The van der Waals surface area contributed by atoms with E-state index in [4.69, 9.17) is 4.42 Å². The summed E-state index contributed by atoms with van der Waals surface area (Å²) in [5.74, 6) is 0.859. The number of pyridine rings is 1. The van der Waals surface area contributed by atoms with Gasteiger partial charge in [-0.25, -0.2) is 9.37 Å². The fourth-order valence-electron chi connectivity index (χ4n) is 3.50. The van der Waals surface area contributed by atoms with E-state index < -0.39 is 0 Å². The average Bonchev–Trinajstić information content (AvgIpc) is 3.18. The van der Waals surface area contributed by atoms with E-state index in [1.807, 2.05) is 0 Å². The Labute approximate surface area is 161 Å². The molecule has 4 rings (SSSR count). The molecule has 0 radical (unpaired) electrons. The van der Waals surface area contributed by atoms with Crippen LogP contribution in [0.3, 0.4) is 0 Å². The van der Waals surface area contributed by atoms with Gasteiger partial charge in [-0.05, 0) is 36.6 Å². The minimum Gasteiger partial charge on any atom is -0.445 e. The molecule has 28 heavy (non-hydrogen) atoms. The van der Waals surface area contributed by atoms with E-state index in [9.17, 15) is 14.0 Å². The Bertz CT molecular complexity index is 1030. The third-order valence-corrected chi connectivity index (χ3v) is 4.92. The number of nitrogens with one attached hydrogen (secondary N) is 1. The predicted molar refractivity (Wildman–Crippen MR) is 101 cm³/mol. The van der Waals surface area contributed by atoms with Crippen LogP contribution in [0, 0.1) is 5.82 Å². The molecule has 6 nitrogen and oxygen atoms in total. The maximum atomic E-state index is 13.0. The van der Waals surface area contributed by atoms with Crippen LogP contribution in [-0.2, 0) is 6.42 Å². The zero-order chi connectivity index (χ0) is 19.5. The van der Waals surface area contributed by atoms with Gasteiger partial charge in [0.1, 0.15) is 17.3 Å².